The number of methoxy groups -OCH3 is 1. The Balaban J connectivity index is 1.36. The summed E-state index contributed by atoms with van der Waals surface area (Å²) in [6, 6.07) is 23.6. The van der Waals surface area contributed by atoms with E-state index in [9.17, 15) is 9.59 Å². The predicted octanol–water partition coefficient (Wildman–Crippen LogP) is 6.72. The average molecular weight is 616 g/mol. The first-order chi connectivity index (χ1) is 21.3. The summed E-state index contributed by atoms with van der Waals surface area (Å²) in [6.07, 6.45) is 1.42. The highest BCUT2D eigenvalue weighted by atomic mass is 35.5. The maximum absolute atomic E-state index is 12.8. The van der Waals surface area contributed by atoms with Gasteiger partial charge >= 0.3 is 0 Å². The van der Waals surface area contributed by atoms with Crippen LogP contribution in [0, 0.1) is 13.8 Å². The van der Waals surface area contributed by atoms with E-state index in [4.69, 9.17) is 30.5 Å². The Labute approximate surface area is 261 Å². The summed E-state index contributed by atoms with van der Waals surface area (Å²) in [4.78, 5) is 25.3. The molecule has 0 aromatic heterocycles. The van der Waals surface area contributed by atoms with Gasteiger partial charge in [-0.3, -0.25) is 9.59 Å². The Morgan fingerprint density at radius 2 is 1.66 bits per heavy atom. The first-order valence-corrected chi connectivity index (χ1v) is 14.3. The van der Waals surface area contributed by atoms with Crippen LogP contribution in [0.5, 0.6) is 23.0 Å². The van der Waals surface area contributed by atoms with Gasteiger partial charge in [-0.15, -0.1) is 0 Å². The third kappa shape index (κ3) is 8.75. The van der Waals surface area contributed by atoms with E-state index in [1.165, 1.54) is 13.3 Å². The Bertz CT molecular complexity index is 1640. The fourth-order valence-electron chi connectivity index (χ4n) is 4.11. The number of ether oxygens (including phenoxy) is 4. The number of aryl methyl sites for hydroxylation is 2. The number of nitrogens with one attached hydrogen (secondary N) is 2. The molecule has 4 aromatic rings. The van der Waals surface area contributed by atoms with Crippen LogP contribution in [-0.4, -0.2) is 38.4 Å². The van der Waals surface area contributed by atoms with Crippen LogP contribution in [0.25, 0.3) is 0 Å². The topological polar surface area (TPSA) is 107 Å². The molecule has 0 fully saturated rings. The number of anilines is 1. The normalized spacial score (nSPS) is 10.8. The van der Waals surface area contributed by atoms with Crippen molar-refractivity contribution in [1.29, 1.82) is 0 Å². The second kappa shape index (κ2) is 15.5. The third-order valence-corrected chi connectivity index (χ3v) is 6.79. The first-order valence-electron chi connectivity index (χ1n) is 13.9. The van der Waals surface area contributed by atoms with E-state index in [0.717, 1.165) is 16.7 Å². The van der Waals surface area contributed by atoms with Gasteiger partial charge in [-0.25, -0.2) is 5.43 Å². The van der Waals surface area contributed by atoms with Crippen molar-refractivity contribution in [1.82, 2.24) is 5.43 Å². The molecule has 0 heterocycles. The second-order valence-corrected chi connectivity index (χ2v) is 10.1. The number of carbonyl (C=O) groups is 2. The van der Waals surface area contributed by atoms with Crippen LogP contribution in [0.3, 0.4) is 0 Å². The lowest BCUT2D eigenvalue weighted by molar-refractivity contribution is -0.118. The summed E-state index contributed by atoms with van der Waals surface area (Å²) in [7, 11) is 1.46. The molecule has 0 saturated carbocycles. The lowest BCUT2D eigenvalue weighted by Crippen LogP contribution is -2.20. The van der Waals surface area contributed by atoms with E-state index in [1.54, 1.807) is 30.3 Å². The van der Waals surface area contributed by atoms with Crippen molar-refractivity contribution in [2.75, 3.05) is 25.6 Å². The fourth-order valence-corrected chi connectivity index (χ4v) is 4.38. The Kier molecular flexibility index (Phi) is 11.2. The molecule has 0 radical (unpaired) electrons. The zero-order valence-electron chi connectivity index (χ0n) is 25.0. The molecule has 9 nitrogen and oxygen atoms in total. The molecule has 44 heavy (non-hydrogen) atoms. The largest absolute Gasteiger partial charge is 0.493 e. The van der Waals surface area contributed by atoms with Crippen LogP contribution in [0.1, 0.15) is 39.5 Å². The summed E-state index contributed by atoms with van der Waals surface area (Å²) in [6.45, 7) is 6.33. The van der Waals surface area contributed by atoms with Crippen LogP contribution in [0.4, 0.5) is 5.69 Å². The monoisotopic (exact) mass is 615 g/mol. The summed E-state index contributed by atoms with van der Waals surface area (Å²) in [5, 5.41) is 7.07. The highest BCUT2D eigenvalue weighted by Gasteiger charge is 2.15. The maximum atomic E-state index is 12.8. The van der Waals surface area contributed by atoms with Gasteiger partial charge in [-0.1, -0.05) is 48.0 Å². The van der Waals surface area contributed by atoms with Crippen LogP contribution in [0.2, 0.25) is 5.02 Å². The number of hydrogen-bond donors (Lipinski definition) is 2. The summed E-state index contributed by atoms with van der Waals surface area (Å²) in [5.74, 6) is 0.713. The second-order valence-electron chi connectivity index (χ2n) is 9.74. The van der Waals surface area contributed by atoms with Crippen molar-refractivity contribution in [3.8, 4) is 23.0 Å². The average Bonchev–Trinajstić information content (AvgIpc) is 3.02. The molecular weight excluding hydrogens is 582 g/mol. The van der Waals surface area contributed by atoms with Crippen molar-refractivity contribution < 1.29 is 28.5 Å². The Morgan fingerprint density at radius 3 is 2.39 bits per heavy atom. The molecule has 0 atom stereocenters. The number of nitrogens with zero attached hydrogens (tertiary/aromatic N) is 1. The van der Waals surface area contributed by atoms with E-state index < -0.39 is 5.91 Å². The SMILES string of the molecule is CCOc1cc(C(=O)N/N=C/c2cc(Cl)c(OCC(=O)Nc3ccc(C)c(C)c3)c(OC)c2)ccc1OCc1ccccc1. The molecule has 2 N–H and O–H groups in total. The van der Waals surface area contributed by atoms with Gasteiger partial charge in [-0.05, 0) is 85.5 Å². The Morgan fingerprint density at radius 1 is 0.864 bits per heavy atom. The molecule has 0 spiro atoms. The number of carbonyl (C=O) groups excluding carboxylic acids is 2. The molecule has 4 aromatic carbocycles. The minimum absolute atomic E-state index is 0.212. The molecule has 228 valence electrons. The molecule has 0 saturated heterocycles. The molecule has 0 bridgehead atoms. The van der Waals surface area contributed by atoms with Crippen molar-refractivity contribution in [2.45, 2.75) is 27.4 Å². The van der Waals surface area contributed by atoms with Crippen LogP contribution in [0.15, 0.2) is 84.0 Å². The molecule has 0 unspecified atom stereocenters. The Hall–Kier alpha value is -5.02. The van der Waals surface area contributed by atoms with Crippen LogP contribution in [-0.2, 0) is 11.4 Å². The fraction of sp³-hybridized carbons (Fsp3) is 0.206. The van der Waals surface area contributed by atoms with Gasteiger partial charge in [0.25, 0.3) is 11.8 Å². The highest BCUT2D eigenvalue weighted by molar-refractivity contribution is 6.32. The van der Waals surface area contributed by atoms with Gasteiger partial charge in [0.15, 0.2) is 29.6 Å². The van der Waals surface area contributed by atoms with E-state index in [0.29, 0.717) is 47.3 Å². The number of benzene rings is 4. The smallest absolute Gasteiger partial charge is 0.271 e. The number of amides is 2. The van der Waals surface area contributed by atoms with Crippen molar-refractivity contribution in [3.05, 3.63) is 112 Å². The number of hydrazone groups is 1. The lowest BCUT2D eigenvalue weighted by Gasteiger charge is -2.14. The zero-order valence-corrected chi connectivity index (χ0v) is 25.7. The minimum atomic E-state index is -0.440. The van der Waals surface area contributed by atoms with Gasteiger partial charge < -0.3 is 24.3 Å². The number of hydrogen-bond acceptors (Lipinski definition) is 7. The quantitative estimate of drug-likeness (QED) is 0.128. The molecule has 0 aliphatic heterocycles. The van der Waals surface area contributed by atoms with E-state index in [-0.39, 0.29) is 23.3 Å². The summed E-state index contributed by atoms with van der Waals surface area (Å²) < 4.78 is 22.7. The molecule has 0 aliphatic rings. The first kappa shape index (κ1) is 31.9. The van der Waals surface area contributed by atoms with Gasteiger partial charge in [0.05, 0.1) is 25.0 Å². The number of rotatable bonds is 13. The van der Waals surface area contributed by atoms with E-state index in [2.05, 4.69) is 15.8 Å². The van der Waals surface area contributed by atoms with Gasteiger partial charge in [0.2, 0.25) is 0 Å². The molecule has 0 aliphatic carbocycles. The minimum Gasteiger partial charge on any atom is -0.493 e. The van der Waals surface area contributed by atoms with Gasteiger partial charge in [0, 0.05) is 11.3 Å². The van der Waals surface area contributed by atoms with E-state index in [1.807, 2.05) is 69.3 Å². The summed E-state index contributed by atoms with van der Waals surface area (Å²) >= 11 is 6.45. The lowest BCUT2D eigenvalue weighted by atomic mass is 10.1. The van der Waals surface area contributed by atoms with Crippen molar-refractivity contribution >= 4 is 35.3 Å². The highest BCUT2D eigenvalue weighted by Crippen LogP contribution is 2.36. The molecule has 2 amide bonds. The third-order valence-electron chi connectivity index (χ3n) is 6.51. The van der Waals surface area contributed by atoms with E-state index >= 15 is 0 Å². The molecular formula is C34H34ClN3O6. The molecule has 4 rings (SSSR count). The zero-order chi connectivity index (χ0) is 31.5. The standard InChI is InChI=1S/C34H34ClN3O6/c1-5-42-30-18-26(12-14-29(30)43-20-24-9-7-6-8-10-24)34(40)38-36-19-25-16-28(35)33(31(17-25)41-4)44-21-32(39)37-27-13-11-22(2)23(3)15-27/h6-19H,5,20-21H2,1-4H3,(H,37,39)(H,38,40)/b36-19+. The molecule has 10 heteroatoms. The van der Waals surface area contributed by atoms with Crippen molar-refractivity contribution in [2.24, 2.45) is 5.10 Å². The maximum Gasteiger partial charge on any atom is 0.271 e. The van der Waals surface area contributed by atoms with Crippen LogP contribution < -0.4 is 29.7 Å². The predicted molar refractivity (Wildman–Crippen MR) is 171 cm³/mol. The van der Waals surface area contributed by atoms with Crippen LogP contribution >= 0.6 is 11.6 Å². The van der Waals surface area contributed by atoms with Gasteiger partial charge in [-0.2, -0.15) is 5.10 Å². The van der Waals surface area contributed by atoms with Crippen molar-refractivity contribution in [3.63, 3.8) is 0 Å². The van der Waals surface area contributed by atoms with Gasteiger partial charge in [0.1, 0.15) is 6.61 Å². The summed E-state index contributed by atoms with van der Waals surface area (Å²) in [5.41, 5.74) is 7.28. The number of halogens is 1.